The summed E-state index contributed by atoms with van der Waals surface area (Å²) in [5.41, 5.74) is 7.21. The van der Waals surface area contributed by atoms with Crippen LogP contribution in [-0.2, 0) is 0 Å². The standard InChI is InChI=1S/C7H7N5/c8-7-5(1-9-4-12-7)6-2-10-3-11-6/h1-4H,(H,10,11)(H2,8,9,12). The molecule has 0 unspecified atom stereocenters. The van der Waals surface area contributed by atoms with Crippen molar-refractivity contribution in [1.29, 1.82) is 0 Å². The average molecular weight is 161 g/mol. The Morgan fingerprint density at radius 2 is 2.17 bits per heavy atom. The van der Waals surface area contributed by atoms with Crippen LogP contribution in [0.4, 0.5) is 5.82 Å². The van der Waals surface area contributed by atoms with E-state index < -0.39 is 0 Å². The maximum Gasteiger partial charge on any atom is 0.136 e. The van der Waals surface area contributed by atoms with Crippen molar-refractivity contribution in [2.75, 3.05) is 5.73 Å². The normalized spacial score (nSPS) is 10.0. The van der Waals surface area contributed by atoms with Crippen LogP contribution in [0, 0.1) is 0 Å². The quantitative estimate of drug-likeness (QED) is 0.636. The van der Waals surface area contributed by atoms with Crippen LogP contribution in [0.2, 0.25) is 0 Å². The molecule has 0 aliphatic heterocycles. The van der Waals surface area contributed by atoms with Crippen LogP contribution in [0.25, 0.3) is 11.3 Å². The van der Waals surface area contributed by atoms with Gasteiger partial charge in [-0.3, -0.25) is 0 Å². The Morgan fingerprint density at radius 3 is 2.83 bits per heavy atom. The highest BCUT2D eigenvalue weighted by Crippen LogP contribution is 2.18. The second-order valence-electron chi connectivity index (χ2n) is 2.29. The van der Waals surface area contributed by atoms with Gasteiger partial charge in [-0.15, -0.1) is 0 Å². The molecule has 2 aromatic heterocycles. The zero-order chi connectivity index (χ0) is 8.39. The minimum atomic E-state index is 0.453. The van der Waals surface area contributed by atoms with Crippen molar-refractivity contribution in [3.8, 4) is 11.3 Å². The third kappa shape index (κ3) is 1.01. The second-order valence-corrected chi connectivity index (χ2v) is 2.29. The lowest BCUT2D eigenvalue weighted by Gasteiger charge is -1.98. The lowest BCUT2D eigenvalue weighted by atomic mass is 10.2. The Bertz CT molecular complexity index is 367. The molecular formula is C7H7N5. The Balaban J connectivity index is 2.55. The minimum absolute atomic E-state index is 0.453. The first-order chi connectivity index (χ1) is 5.88. The van der Waals surface area contributed by atoms with E-state index >= 15 is 0 Å². The summed E-state index contributed by atoms with van der Waals surface area (Å²) in [6.45, 7) is 0. The number of aromatic nitrogens is 4. The van der Waals surface area contributed by atoms with Crippen molar-refractivity contribution in [2.24, 2.45) is 0 Å². The van der Waals surface area contributed by atoms with Gasteiger partial charge in [0.15, 0.2) is 0 Å². The second kappa shape index (κ2) is 2.61. The lowest BCUT2D eigenvalue weighted by Crippen LogP contribution is -1.94. The van der Waals surface area contributed by atoms with Gasteiger partial charge < -0.3 is 10.7 Å². The molecule has 2 heterocycles. The highest BCUT2D eigenvalue weighted by molar-refractivity contribution is 5.68. The number of anilines is 1. The fourth-order valence-corrected chi connectivity index (χ4v) is 0.950. The summed E-state index contributed by atoms with van der Waals surface area (Å²) in [6, 6.07) is 0. The number of nitrogens with one attached hydrogen (secondary N) is 1. The Morgan fingerprint density at radius 1 is 1.25 bits per heavy atom. The predicted octanol–water partition coefficient (Wildman–Crippen LogP) is 0.449. The number of hydrogen-bond acceptors (Lipinski definition) is 4. The third-order valence-electron chi connectivity index (χ3n) is 1.53. The molecule has 0 fully saturated rings. The maximum absolute atomic E-state index is 5.61. The van der Waals surface area contributed by atoms with Crippen LogP contribution in [0.5, 0.6) is 0 Å². The van der Waals surface area contributed by atoms with E-state index in [4.69, 9.17) is 5.73 Å². The monoisotopic (exact) mass is 161 g/mol. The Labute approximate surface area is 68.7 Å². The summed E-state index contributed by atoms with van der Waals surface area (Å²) in [5, 5.41) is 0. The van der Waals surface area contributed by atoms with Crippen molar-refractivity contribution in [3.63, 3.8) is 0 Å². The molecule has 0 saturated heterocycles. The summed E-state index contributed by atoms with van der Waals surface area (Å²) in [5.74, 6) is 0.453. The number of nitrogen functional groups attached to an aromatic ring is 1. The molecular weight excluding hydrogens is 154 g/mol. The van der Waals surface area contributed by atoms with Crippen molar-refractivity contribution in [2.45, 2.75) is 0 Å². The Hall–Kier alpha value is -1.91. The SMILES string of the molecule is Nc1ncncc1-c1cnc[nH]1. The summed E-state index contributed by atoms with van der Waals surface area (Å²) in [7, 11) is 0. The van der Waals surface area contributed by atoms with E-state index in [1.54, 1.807) is 18.7 Å². The largest absolute Gasteiger partial charge is 0.383 e. The third-order valence-corrected chi connectivity index (χ3v) is 1.53. The molecule has 5 nitrogen and oxygen atoms in total. The molecule has 0 aliphatic rings. The first kappa shape index (κ1) is 6.78. The fraction of sp³-hybridized carbons (Fsp3) is 0. The van der Waals surface area contributed by atoms with Gasteiger partial charge in [0, 0.05) is 6.20 Å². The number of nitrogens with zero attached hydrogens (tertiary/aromatic N) is 3. The molecule has 2 rings (SSSR count). The molecule has 60 valence electrons. The summed E-state index contributed by atoms with van der Waals surface area (Å²) in [6.07, 6.45) is 6.32. The van der Waals surface area contributed by atoms with Gasteiger partial charge in [-0.05, 0) is 0 Å². The zero-order valence-corrected chi connectivity index (χ0v) is 6.23. The molecule has 3 N–H and O–H groups in total. The van der Waals surface area contributed by atoms with Gasteiger partial charge in [0.25, 0.3) is 0 Å². The minimum Gasteiger partial charge on any atom is -0.383 e. The smallest absolute Gasteiger partial charge is 0.136 e. The van der Waals surface area contributed by atoms with Crippen molar-refractivity contribution in [1.82, 2.24) is 19.9 Å². The van der Waals surface area contributed by atoms with Gasteiger partial charge >= 0.3 is 0 Å². The number of aromatic amines is 1. The van der Waals surface area contributed by atoms with Gasteiger partial charge in [-0.25, -0.2) is 15.0 Å². The van der Waals surface area contributed by atoms with E-state index in [0.717, 1.165) is 11.3 Å². The molecule has 0 radical (unpaired) electrons. The first-order valence-electron chi connectivity index (χ1n) is 3.42. The summed E-state index contributed by atoms with van der Waals surface area (Å²) < 4.78 is 0. The molecule has 2 aromatic rings. The number of imidazole rings is 1. The number of H-pyrrole nitrogens is 1. The van der Waals surface area contributed by atoms with E-state index in [1.807, 2.05) is 0 Å². The van der Waals surface area contributed by atoms with E-state index in [0.29, 0.717) is 5.82 Å². The molecule has 5 heteroatoms. The molecule has 0 atom stereocenters. The van der Waals surface area contributed by atoms with Gasteiger partial charge in [0.05, 0.1) is 23.8 Å². The first-order valence-corrected chi connectivity index (χ1v) is 3.42. The molecule has 0 aliphatic carbocycles. The van der Waals surface area contributed by atoms with Crippen LogP contribution < -0.4 is 5.73 Å². The summed E-state index contributed by atoms with van der Waals surface area (Å²) in [4.78, 5) is 14.5. The number of rotatable bonds is 1. The van der Waals surface area contributed by atoms with Crippen molar-refractivity contribution in [3.05, 3.63) is 25.0 Å². The molecule has 0 bridgehead atoms. The van der Waals surface area contributed by atoms with E-state index in [1.165, 1.54) is 6.33 Å². The number of nitrogens with two attached hydrogens (primary N) is 1. The fourth-order valence-electron chi connectivity index (χ4n) is 0.950. The van der Waals surface area contributed by atoms with Crippen molar-refractivity contribution < 1.29 is 0 Å². The van der Waals surface area contributed by atoms with Gasteiger partial charge in [-0.2, -0.15) is 0 Å². The van der Waals surface area contributed by atoms with Crippen LogP contribution in [-0.4, -0.2) is 19.9 Å². The van der Waals surface area contributed by atoms with Gasteiger partial charge in [0.2, 0.25) is 0 Å². The highest BCUT2D eigenvalue weighted by Gasteiger charge is 2.02. The van der Waals surface area contributed by atoms with Crippen LogP contribution in [0.15, 0.2) is 25.0 Å². The average Bonchev–Trinajstić information content (AvgIpc) is 2.57. The maximum atomic E-state index is 5.61. The van der Waals surface area contributed by atoms with Crippen LogP contribution >= 0.6 is 0 Å². The van der Waals surface area contributed by atoms with Crippen LogP contribution in [0.1, 0.15) is 0 Å². The molecule has 0 saturated carbocycles. The van der Waals surface area contributed by atoms with Gasteiger partial charge in [0.1, 0.15) is 12.1 Å². The molecule has 0 aromatic carbocycles. The lowest BCUT2D eigenvalue weighted by molar-refractivity contribution is 1.17. The van der Waals surface area contributed by atoms with E-state index in [-0.39, 0.29) is 0 Å². The van der Waals surface area contributed by atoms with Gasteiger partial charge in [-0.1, -0.05) is 0 Å². The number of hydrogen-bond donors (Lipinski definition) is 2. The van der Waals surface area contributed by atoms with E-state index in [2.05, 4.69) is 19.9 Å². The van der Waals surface area contributed by atoms with E-state index in [9.17, 15) is 0 Å². The molecule has 0 amide bonds. The molecule has 12 heavy (non-hydrogen) atoms. The predicted molar refractivity (Wildman–Crippen MR) is 44.0 cm³/mol. The zero-order valence-electron chi connectivity index (χ0n) is 6.23. The molecule has 0 spiro atoms. The highest BCUT2D eigenvalue weighted by atomic mass is 14.9. The summed E-state index contributed by atoms with van der Waals surface area (Å²) >= 11 is 0. The topological polar surface area (TPSA) is 80.5 Å². The van der Waals surface area contributed by atoms with Crippen LogP contribution in [0.3, 0.4) is 0 Å². The van der Waals surface area contributed by atoms with Crippen molar-refractivity contribution >= 4 is 5.82 Å². The Kier molecular flexibility index (Phi) is 1.48.